The maximum Gasteiger partial charge on any atom is 0.303 e. The second kappa shape index (κ2) is 6.08. The van der Waals surface area contributed by atoms with Crippen LogP contribution in [-0.2, 0) is 11.2 Å². The zero-order valence-corrected chi connectivity index (χ0v) is 12.8. The Morgan fingerprint density at radius 2 is 2.14 bits per heavy atom. The van der Waals surface area contributed by atoms with Crippen LogP contribution in [0.25, 0.3) is 0 Å². The summed E-state index contributed by atoms with van der Waals surface area (Å²) in [7, 11) is 0. The molecule has 0 bridgehead atoms. The lowest BCUT2D eigenvalue weighted by Crippen LogP contribution is -2.26. The number of benzene rings is 1. The predicted molar refractivity (Wildman–Crippen MR) is 85.0 cm³/mol. The van der Waals surface area contributed by atoms with E-state index in [9.17, 15) is 4.79 Å². The van der Waals surface area contributed by atoms with Crippen molar-refractivity contribution in [2.75, 3.05) is 18.0 Å². The molecular weight excluding hydrogens is 262 g/mol. The molecule has 1 atom stereocenters. The third-order valence-corrected chi connectivity index (χ3v) is 5.10. The molecule has 1 aliphatic heterocycles. The quantitative estimate of drug-likeness (QED) is 0.895. The highest BCUT2D eigenvalue weighted by Crippen LogP contribution is 2.34. The highest BCUT2D eigenvalue weighted by Gasteiger charge is 2.24. The van der Waals surface area contributed by atoms with Gasteiger partial charge in [0.2, 0.25) is 0 Å². The Morgan fingerprint density at radius 1 is 1.38 bits per heavy atom. The fraction of sp³-hybridized carbons (Fsp3) is 0.611. The van der Waals surface area contributed by atoms with Gasteiger partial charge in [0.25, 0.3) is 0 Å². The molecule has 3 nitrogen and oxygen atoms in total. The first-order valence-electron chi connectivity index (χ1n) is 8.23. The minimum atomic E-state index is -0.717. The van der Waals surface area contributed by atoms with Crippen LogP contribution in [0.3, 0.4) is 0 Å². The van der Waals surface area contributed by atoms with Crippen LogP contribution < -0.4 is 4.90 Å². The molecule has 1 heterocycles. The third-order valence-electron chi connectivity index (χ3n) is 5.10. The summed E-state index contributed by atoms with van der Waals surface area (Å²) in [6, 6.07) is 6.57. The smallest absolute Gasteiger partial charge is 0.303 e. The number of hydrogen-bond donors (Lipinski definition) is 1. The first-order valence-corrected chi connectivity index (χ1v) is 8.23. The molecule has 3 rings (SSSR count). The van der Waals surface area contributed by atoms with Gasteiger partial charge < -0.3 is 10.0 Å². The summed E-state index contributed by atoms with van der Waals surface area (Å²) in [6.45, 7) is 4.33. The summed E-state index contributed by atoms with van der Waals surface area (Å²) in [5.41, 5.74) is 3.95. The zero-order valence-electron chi connectivity index (χ0n) is 12.8. The second-order valence-corrected chi connectivity index (χ2v) is 6.73. The Kier molecular flexibility index (Phi) is 4.18. The van der Waals surface area contributed by atoms with E-state index < -0.39 is 5.97 Å². The van der Waals surface area contributed by atoms with Gasteiger partial charge in [-0.15, -0.1) is 0 Å². The van der Waals surface area contributed by atoms with Crippen molar-refractivity contribution >= 4 is 11.7 Å². The number of rotatable bonds is 5. The van der Waals surface area contributed by atoms with Crippen LogP contribution in [0.5, 0.6) is 0 Å². The predicted octanol–water partition coefficient (Wildman–Crippen LogP) is 3.82. The van der Waals surface area contributed by atoms with E-state index in [-0.39, 0.29) is 12.3 Å². The molecule has 3 heteroatoms. The number of aliphatic carboxylic acids is 1. The van der Waals surface area contributed by atoms with Crippen molar-refractivity contribution in [2.45, 2.75) is 51.4 Å². The fourth-order valence-corrected chi connectivity index (χ4v) is 3.87. The monoisotopic (exact) mass is 287 g/mol. The molecule has 1 aliphatic carbocycles. The lowest BCUT2D eigenvalue weighted by molar-refractivity contribution is -0.137. The lowest BCUT2D eigenvalue weighted by atomic mass is 9.95. The van der Waals surface area contributed by atoms with Crippen molar-refractivity contribution in [3.63, 3.8) is 0 Å². The van der Waals surface area contributed by atoms with Gasteiger partial charge in [-0.2, -0.15) is 0 Å². The molecule has 1 unspecified atom stereocenters. The SMILES string of the molecule is CC(CC(=O)O)c1ccc2c(c1)CCN2CC1CCCC1. The van der Waals surface area contributed by atoms with Crippen molar-refractivity contribution < 1.29 is 9.90 Å². The highest BCUT2D eigenvalue weighted by atomic mass is 16.4. The molecule has 0 radical (unpaired) electrons. The minimum Gasteiger partial charge on any atom is -0.481 e. The maximum absolute atomic E-state index is 10.9. The molecule has 114 valence electrons. The van der Waals surface area contributed by atoms with Crippen molar-refractivity contribution in [1.29, 1.82) is 0 Å². The van der Waals surface area contributed by atoms with Gasteiger partial charge in [0, 0.05) is 18.8 Å². The minimum absolute atomic E-state index is 0.0942. The van der Waals surface area contributed by atoms with E-state index in [1.807, 2.05) is 6.92 Å². The van der Waals surface area contributed by atoms with Gasteiger partial charge in [-0.1, -0.05) is 31.9 Å². The Balaban J connectivity index is 1.70. The van der Waals surface area contributed by atoms with Gasteiger partial charge in [-0.05, 0) is 48.3 Å². The largest absolute Gasteiger partial charge is 0.481 e. The zero-order chi connectivity index (χ0) is 14.8. The van der Waals surface area contributed by atoms with Crippen molar-refractivity contribution in [1.82, 2.24) is 0 Å². The molecule has 1 N–H and O–H groups in total. The van der Waals surface area contributed by atoms with Crippen LogP contribution in [-0.4, -0.2) is 24.2 Å². The second-order valence-electron chi connectivity index (χ2n) is 6.73. The van der Waals surface area contributed by atoms with Gasteiger partial charge in [-0.25, -0.2) is 0 Å². The van der Waals surface area contributed by atoms with Gasteiger partial charge in [0.15, 0.2) is 0 Å². The summed E-state index contributed by atoms with van der Waals surface area (Å²) in [5, 5.41) is 8.93. The van der Waals surface area contributed by atoms with E-state index in [2.05, 4.69) is 23.1 Å². The first-order chi connectivity index (χ1) is 10.1. The van der Waals surface area contributed by atoms with Crippen molar-refractivity contribution in [3.8, 4) is 0 Å². The summed E-state index contributed by atoms with van der Waals surface area (Å²) in [4.78, 5) is 13.4. The number of carbonyl (C=O) groups is 1. The number of hydrogen-bond acceptors (Lipinski definition) is 2. The number of fused-ring (bicyclic) bond motifs is 1. The number of carboxylic acid groups (broad SMARTS) is 1. The molecular formula is C18H25NO2. The molecule has 0 amide bonds. The van der Waals surface area contributed by atoms with Crippen LogP contribution in [0.4, 0.5) is 5.69 Å². The third kappa shape index (κ3) is 3.22. The van der Waals surface area contributed by atoms with E-state index in [1.165, 1.54) is 49.0 Å². The summed E-state index contributed by atoms with van der Waals surface area (Å²) >= 11 is 0. The first kappa shape index (κ1) is 14.4. The molecule has 0 spiro atoms. The molecule has 1 aromatic carbocycles. The van der Waals surface area contributed by atoms with Gasteiger partial charge >= 0.3 is 5.97 Å². The summed E-state index contributed by atoms with van der Waals surface area (Å²) in [6.07, 6.45) is 6.90. The number of carboxylic acids is 1. The van der Waals surface area contributed by atoms with Crippen LogP contribution in [0.1, 0.15) is 56.1 Å². The Bertz CT molecular complexity index is 520. The molecule has 1 aromatic rings. The van der Waals surface area contributed by atoms with Gasteiger partial charge in [0.05, 0.1) is 6.42 Å². The van der Waals surface area contributed by atoms with Crippen LogP contribution in [0, 0.1) is 5.92 Å². The Hall–Kier alpha value is -1.51. The Labute approximate surface area is 127 Å². The average Bonchev–Trinajstić information content (AvgIpc) is 3.08. The van der Waals surface area contributed by atoms with E-state index in [1.54, 1.807) is 0 Å². The highest BCUT2D eigenvalue weighted by molar-refractivity contribution is 5.68. The molecule has 1 saturated carbocycles. The number of nitrogens with zero attached hydrogens (tertiary/aromatic N) is 1. The van der Waals surface area contributed by atoms with Crippen molar-refractivity contribution in [3.05, 3.63) is 29.3 Å². The summed E-state index contributed by atoms with van der Waals surface area (Å²) in [5.74, 6) is 0.254. The molecule has 1 fully saturated rings. The van der Waals surface area contributed by atoms with Gasteiger partial charge in [0.1, 0.15) is 0 Å². The lowest BCUT2D eigenvalue weighted by Gasteiger charge is -2.23. The van der Waals surface area contributed by atoms with E-state index in [0.29, 0.717) is 0 Å². The van der Waals surface area contributed by atoms with Gasteiger partial charge in [-0.3, -0.25) is 4.79 Å². The number of anilines is 1. The molecule has 2 aliphatic rings. The topological polar surface area (TPSA) is 40.5 Å². The standard InChI is InChI=1S/C18H25NO2/c1-13(10-18(20)21)15-6-7-17-16(11-15)8-9-19(17)12-14-4-2-3-5-14/h6-7,11,13-14H,2-5,8-10,12H2,1H3,(H,20,21). The summed E-state index contributed by atoms with van der Waals surface area (Å²) < 4.78 is 0. The van der Waals surface area contributed by atoms with Crippen LogP contribution >= 0.6 is 0 Å². The Morgan fingerprint density at radius 3 is 2.86 bits per heavy atom. The van der Waals surface area contributed by atoms with Crippen molar-refractivity contribution in [2.24, 2.45) is 5.92 Å². The molecule has 21 heavy (non-hydrogen) atoms. The fourth-order valence-electron chi connectivity index (χ4n) is 3.87. The van der Waals surface area contributed by atoms with Crippen LogP contribution in [0.15, 0.2) is 18.2 Å². The normalized spacial score (nSPS) is 19.8. The molecule has 0 aromatic heterocycles. The van der Waals surface area contributed by atoms with Crippen LogP contribution in [0.2, 0.25) is 0 Å². The van der Waals surface area contributed by atoms with E-state index in [0.717, 1.165) is 18.9 Å². The van der Waals surface area contributed by atoms with E-state index >= 15 is 0 Å². The molecule has 0 saturated heterocycles. The maximum atomic E-state index is 10.9. The van der Waals surface area contributed by atoms with E-state index in [4.69, 9.17) is 5.11 Å². The average molecular weight is 287 g/mol.